The molecule has 0 spiro atoms. The average Bonchev–Trinajstić information content (AvgIpc) is 2.34. The van der Waals surface area contributed by atoms with Gasteiger partial charge in [0.1, 0.15) is 0 Å². The Bertz CT molecular complexity index is 247. The molecule has 0 aromatic carbocycles. The number of aliphatic hydroxyl groups excluding tert-OH is 2. The Morgan fingerprint density at radius 3 is 2.06 bits per heavy atom. The number of rotatable bonds is 4. The van der Waals surface area contributed by atoms with E-state index in [1.54, 1.807) is 0 Å². The molecule has 1 aliphatic heterocycles. The topological polar surface area (TPSA) is 61.7 Å². The van der Waals surface area contributed by atoms with Crippen molar-refractivity contribution in [2.24, 2.45) is 0 Å². The number of nitrogens with one attached hydrogen (secondary N) is 1. The highest BCUT2D eigenvalue weighted by Crippen LogP contribution is 2.37. The molecule has 0 amide bonds. The van der Waals surface area contributed by atoms with Crippen LogP contribution in [-0.2, 0) is 4.74 Å². The third-order valence-electron chi connectivity index (χ3n) is 3.29. The van der Waals surface area contributed by atoms with Crippen molar-refractivity contribution in [3.05, 3.63) is 0 Å². The van der Waals surface area contributed by atoms with Crippen molar-refractivity contribution in [1.82, 2.24) is 5.32 Å². The summed E-state index contributed by atoms with van der Waals surface area (Å²) in [6.07, 6.45) is 0.871. The van der Waals surface area contributed by atoms with Gasteiger partial charge < -0.3 is 20.3 Å². The molecule has 3 N–H and O–H groups in total. The van der Waals surface area contributed by atoms with E-state index >= 15 is 0 Å². The Hall–Kier alpha value is -0.160. The molecule has 0 aliphatic carbocycles. The van der Waals surface area contributed by atoms with Crippen molar-refractivity contribution in [3.63, 3.8) is 0 Å². The third kappa shape index (κ3) is 2.94. The van der Waals surface area contributed by atoms with Gasteiger partial charge in [0.05, 0.1) is 30.0 Å². The molecule has 1 aliphatic rings. The van der Waals surface area contributed by atoms with Crippen LogP contribution in [0.3, 0.4) is 0 Å². The van der Waals surface area contributed by atoms with Crippen LogP contribution in [-0.4, -0.2) is 46.2 Å². The van der Waals surface area contributed by atoms with Gasteiger partial charge in [-0.05, 0) is 41.0 Å². The van der Waals surface area contributed by atoms with Crippen LogP contribution in [0.15, 0.2) is 0 Å². The van der Waals surface area contributed by atoms with Crippen molar-refractivity contribution < 1.29 is 14.9 Å². The van der Waals surface area contributed by atoms with Gasteiger partial charge >= 0.3 is 0 Å². The normalized spacial score (nSPS) is 28.3. The standard InChI is InChI=1S/C12H25NO3/c1-10(2)6-9(11(3,4)16-10)13-12(5,7-14)8-15/h9,13-15H,6-8H2,1-5H3. The Balaban J connectivity index is 2.75. The minimum Gasteiger partial charge on any atom is -0.394 e. The number of hydrogen-bond donors (Lipinski definition) is 3. The van der Waals surface area contributed by atoms with Crippen LogP contribution in [0.5, 0.6) is 0 Å². The second-order valence-electron chi connectivity index (χ2n) is 6.24. The quantitative estimate of drug-likeness (QED) is 0.665. The Morgan fingerprint density at radius 1 is 1.25 bits per heavy atom. The van der Waals surface area contributed by atoms with Crippen LogP contribution in [0.25, 0.3) is 0 Å². The molecule has 0 aromatic rings. The minimum atomic E-state index is -0.647. The molecule has 16 heavy (non-hydrogen) atoms. The number of hydrogen-bond acceptors (Lipinski definition) is 4. The fourth-order valence-electron chi connectivity index (χ4n) is 2.35. The maximum Gasteiger partial charge on any atom is 0.0787 e. The summed E-state index contributed by atoms with van der Waals surface area (Å²) in [6, 6.07) is 0.131. The Kier molecular flexibility index (Phi) is 3.70. The Morgan fingerprint density at radius 2 is 1.75 bits per heavy atom. The lowest BCUT2D eigenvalue weighted by Gasteiger charge is -2.35. The lowest BCUT2D eigenvalue weighted by Crippen LogP contribution is -2.58. The molecular formula is C12H25NO3. The predicted octanol–water partition coefficient (Wildman–Crippen LogP) is 0.665. The van der Waals surface area contributed by atoms with E-state index in [0.29, 0.717) is 0 Å². The first-order chi connectivity index (χ1) is 7.14. The van der Waals surface area contributed by atoms with Crippen LogP contribution in [0.2, 0.25) is 0 Å². The van der Waals surface area contributed by atoms with Crippen molar-refractivity contribution in [2.45, 2.75) is 63.8 Å². The van der Waals surface area contributed by atoms with Gasteiger partial charge in [-0.1, -0.05) is 0 Å². The molecule has 4 heteroatoms. The SMILES string of the molecule is CC(CO)(CO)NC1CC(C)(C)OC1(C)C. The summed E-state index contributed by atoms with van der Waals surface area (Å²) in [6.45, 7) is 9.84. The smallest absolute Gasteiger partial charge is 0.0787 e. The molecular weight excluding hydrogens is 206 g/mol. The van der Waals surface area contributed by atoms with E-state index in [1.165, 1.54) is 0 Å². The lowest BCUT2D eigenvalue weighted by molar-refractivity contribution is -0.0730. The van der Waals surface area contributed by atoms with Gasteiger partial charge in [-0.3, -0.25) is 0 Å². The molecule has 1 saturated heterocycles. The van der Waals surface area contributed by atoms with Gasteiger partial charge in [0.2, 0.25) is 0 Å². The van der Waals surface area contributed by atoms with Crippen LogP contribution >= 0.6 is 0 Å². The van der Waals surface area contributed by atoms with Crippen LogP contribution < -0.4 is 5.32 Å². The van der Waals surface area contributed by atoms with E-state index in [2.05, 4.69) is 19.2 Å². The molecule has 0 saturated carbocycles. The molecule has 96 valence electrons. The summed E-state index contributed by atoms with van der Waals surface area (Å²) in [4.78, 5) is 0. The predicted molar refractivity (Wildman–Crippen MR) is 63.4 cm³/mol. The summed E-state index contributed by atoms with van der Waals surface area (Å²) in [5.41, 5.74) is -1.09. The zero-order valence-corrected chi connectivity index (χ0v) is 11.0. The summed E-state index contributed by atoms with van der Waals surface area (Å²) >= 11 is 0. The fraction of sp³-hybridized carbons (Fsp3) is 1.00. The molecule has 4 nitrogen and oxygen atoms in total. The molecule has 0 bridgehead atoms. The van der Waals surface area contributed by atoms with Crippen molar-refractivity contribution in [1.29, 1.82) is 0 Å². The van der Waals surface area contributed by atoms with Crippen LogP contribution in [0.4, 0.5) is 0 Å². The molecule has 1 atom stereocenters. The minimum absolute atomic E-state index is 0.0868. The van der Waals surface area contributed by atoms with Gasteiger partial charge in [-0.25, -0.2) is 0 Å². The van der Waals surface area contributed by atoms with Gasteiger partial charge in [0, 0.05) is 6.04 Å². The monoisotopic (exact) mass is 231 g/mol. The molecule has 1 fully saturated rings. The van der Waals surface area contributed by atoms with Crippen LogP contribution in [0, 0.1) is 0 Å². The van der Waals surface area contributed by atoms with E-state index in [1.807, 2.05) is 20.8 Å². The Labute approximate surface area is 98.0 Å². The van der Waals surface area contributed by atoms with E-state index in [9.17, 15) is 10.2 Å². The maximum atomic E-state index is 9.28. The van der Waals surface area contributed by atoms with E-state index in [0.717, 1.165) is 6.42 Å². The zero-order chi connectivity index (χ0) is 12.6. The molecule has 1 unspecified atom stereocenters. The summed E-state index contributed by atoms with van der Waals surface area (Å²) in [5, 5.41) is 21.9. The second-order valence-corrected chi connectivity index (χ2v) is 6.24. The third-order valence-corrected chi connectivity index (χ3v) is 3.29. The zero-order valence-electron chi connectivity index (χ0n) is 11.0. The first kappa shape index (κ1) is 13.9. The van der Waals surface area contributed by atoms with Gasteiger partial charge in [-0.15, -0.1) is 0 Å². The first-order valence-corrected chi connectivity index (χ1v) is 5.84. The molecule has 1 rings (SSSR count). The van der Waals surface area contributed by atoms with E-state index in [-0.39, 0.29) is 30.5 Å². The number of ether oxygens (including phenoxy) is 1. The molecule has 0 aromatic heterocycles. The van der Waals surface area contributed by atoms with E-state index in [4.69, 9.17) is 4.74 Å². The highest BCUT2D eigenvalue weighted by atomic mass is 16.5. The van der Waals surface area contributed by atoms with Gasteiger partial charge in [0.15, 0.2) is 0 Å². The lowest BCUT2D eigenvalue weighted by atomic mass is 9.91. The van der Waals surface area contributed by atoms with Crippen molar-refractivity contribution >= 4 is 0 Å². The van der Waals surface area contributed by atoms with E-state index < -0.39 is 5.54 Å². The van der Waals surface area contributed by atoms with Crippen LogP contribution in [0.1, 0.15) is 41.0 Å². The fourth-order valence-corrected chi connectivity index (χ4v) is 2.35. The number of aliphatic hydroxyl groups is 2. The average molecular weight is 231 g/mol. The highest BCUT2D eigenvalue weighted by molar-refractivity contribution is 5.02. The van der Waals surface area contributed by atoms with Gasteiger partial charge in [-0.2, -0.15) is 0 Å². The van der Waals surface area contributed by atoms with Crippen molar-refractivity contribution in [3.8, 4) is 0 Å². The first-order valence-electron chi connectivity index (χ1n) is 5.84. The summed E-state index contributed by atoms with van der Waals surface area (Å²) in [7, 11) is 0. The summed E-state index contributed by atoms with van der Waals surface area (Å²) in [5.74, 6) is 0. The van der Waals surface area contributed by atoms with Crippen molar-refractivity contribution in [2.75, 3.05) is 13.2 Å². The molecule has 0 radical (unpaired) electrons. The second kappa shape index (κ2) is 4.26. The largest absolute Gasteiger partial charge is 0.394 e. The molecule has 1 heterocycles. The van der Waals surface area contributed by atoms with Gasteiger partial charge in [0.25, 0.3) is 0 Å². The maximum absolute atomic E-state index is 9.28. The summed E-state index contributed by atoms with van der Waals surface area (Å²) < 4.78 is 5.96. The highest BCUT2D eigenvalue weighted by Gasteiger charge is 2.47.